The normalized spacial score (nSPS) is 14.4. The number of aryl methyl sites for hydroxylation is 2. The van der Waals surface area contributed by atoms with Crippen molar-refractivity contribution in [2.24, 2.45) is 0 Å². The van der Waals surface area contributed by atoms with Crippen LogP contribution in [0, 0.1) is 13.8 Å². The number of urea groups is 1. The second kappa shape index (κ2) is 10.7. The molecule has 2 aromatic heterocycles. The first-order chi connectivity index (χ1) is 19.9. The molecule has 208 valence electrons. The molecular weight excluding hydrogens is 510 g/mol. The number of para-hydroxylation sites is 1. The van der Waals surface area contributed by atoms with Crippen LogP contribution >= 0.6 is 0 Å². The molecule has 1 atom stereocenters. The third-order valence-electron chi connectivity index (χ3n) is 7.86. The van der Waals surface area contributed by atoms with E-state index in [2.05, 4.69) is 72.4 Å². The van der Waals surface area contributed by atoms with E-state index in [1.807, 2.05) is 65.9 Å². The minimum atomic E-state index is -0.335. The largest absolute Gasteiger partial charge is 0.495 e. The molecule has 0 unspecified atom stereocenters. The van der Waals surface area contributed by atoms with Gasteiger partial charge in [0.05, 0.1) is 42.5 Å². The van der Waals surface area contributed by atoms with Gasteiger partial charge in [0.2, 0.25) is 0 Å². The Labute approximate surface area is 241 Å². The fraction of sp³-hybridized carbons (Fsp3) is 0.235. The molecule has 1 N–H and O–H groups in total. The summed E-state index contributed by atoms with van der Waals surface area (Å²) in [7, 11) is 1.62. The van der Waals surface area contributed by atoms with Crippen molar-refractivity contribution in [1.29, 1.82) is 0 Å². The van der Waals surface area contributed by atoms with Gasteiger partial charge in [0.1, 0.15) is 11.6 Å². The maximum atomic E-state index is 14.3. The Morgan fingerprint density at radius 1 is 0.976 bits per heavy atom. The van der Waals surface area contributed by atoms with Gasteiger partial charge < -0.3 is 19.5 Å². The summed E-state index contributed by atoms with van der Waals surface area (Å²) in [4.78, 5) is 16.2. The van der Waals surface area contributed by atoms with Gasteiger partial charge in [-0.05, 0) is 72.9 Å². The smallest absolute Gasteiger partial charge is 0.323 e. The molecule has 41 heavy (non-hydrogen) atoms. The quantitative estimate of drug-likeness (QED) is 0.248. The molecule has 3 aromatic carbocycles. The number of ether oxygens (including phenoxy) is 1. The molecule has 0 bridgehead atoms. The molecule has 3 heterocycles. The molecule has 7 heteroatoms. The topological polar surface area (TPSA) is 64.3 Å². The number of anilines is 1. The maximum absolute atomic E-state index is 14.3. The average molecular weight is 546 g/mol. The lowest BCUT2D eigenvalue weighted by atomic mass is 9.97. The van der Waals surface area contributed by atoms with Crippen molar-refractivity contribution in [2.75, 3.05) is 12.4 Å². The van der Waals surface area contributed by atoms with E-state index in [4.69, 9.17) is 9.84 Å². The third-order valence-corrected chi connectivity index (χ3v) is 7.86. The van der Waals surface area contributed by atoms with Crippen molar-refractivity contribution in [2.45, 2.75) is 46.2 Å². The number of hydrogen-bond donors (Lipinski definition) is 1. The van der Waals surface area contributed by atoms with Gasteiger partial charge in [0.25, 0.3) is 0 Å². The number of carbonyl (C=O) groups excluding carboxylic acids is 1. The van der Waals surface area contributed by atoms with E-state index < -0.39 is 0 Å². The lowest BCUT2D eigenvalue weighted by Crippen LogP contribution is -2.38. The fourth-order valence-electron chi connectivity index (χ4n) is 5.67. The first-order valence-electron chi connectivity index (χ1n) is 14.0. The van der Waals surface area contributed by atoms with Crippen LogP contribution in [-0.2, 0) is 6.54 Å². The molecule has 2 amide bonds. The second-order valence-corrected chi connectivity index (χ2v) is 10.9. The predicted molar refractivity (Wildman–Crippen MR) is 162 cm³/mol. The van der Waals surface area contributed by atoms with Crippen molar-refractivity contribution in [3.63, 3.8) is 0 Å². The first-order valence-corrected chi connectivity index (χ1v) is 14.0. The summed E-state index contributed by atoms with van der Waals surface area (Å²) >= 11 is 0. The summed E-state index contributed by atoms with van der Waals surface area (Å²) in [5, 5.41) is 8.11. The third kappa shape index (κ3) is 4.78. The van der Waals surface area contributed by atoms with Gasteiger partial charge in [-0.1, -0.05) is 62.4 Å². The number of nitrogens with one attached hydrogen (secondary N) is 1. The summed E-state index contributed by atoms with van der Waals surface area (Å²) in [5.41, 5.74) is 7.82. The highest BCUT2D eigenvalue weighted by Crippen LogP contribution is 2.39. The van der Waals surface area contributed by atoms with Crippen molar-refractivity contribution >= 4 is 11.7 Å². The molecule has 1 aliphatic rings. The lowest BCUT2D eigenvalue weighted by Gasteiger charge is -2.31. The Kier molecular flexibility index (Phi) is 6.87. The van der Waals surface area contributed by atoms with Crippen LogP contribution in [-0.4, -0.2) is 32.4 Å². The molecule has 6 rings (SSSR count). The molecule has 5 aromatic rings. The van der Waals surface area contributed by atoms with Gasteiger partial charge in [0, 0.05) is 11.8 Å². The van der Waals surface area contributed by atoms with Crippen LogP contribution in [0.15, 0.2) is 91.1 Å². The van der Waals surface area contributed by atoms with E-state index in [0.29, 0.717) is 23.9 Å². The Balaban J connectivity index is 1.52. The number of fused-ring (bicyclic) bond motifs is 3. The number of benzene rings is 3. The summed E-state index contributed by atoms with van der Waals surface area (Å²) in [6, 6.07) is 28.2. The molecule has 0 radical (unpaired) electrons. The fourth-order valence-corrected chi connectivity index (χ4v) is 5.67. The number of amides is 2. The molecular formula is C34H35N5O2. The standard InChI is InChI=1S/C34H35N5O2/c1-22(2)25-14-16-26(17-15-25)32-30-12-9-19-37(30)33-28(24(4)36-39(33)27-10-7-6-8-11-27)21-38(32)34(40)35-29-20-23(3)13-18-31(29)41-5/h6-20,22,32H,21H2,1-5H3,(H,35,40)/t32-/m1/s1. The highest BCUT2D eigenvalue weighted by atomic mass is 16.5. The van der Waals surface area contributed by atoms with Crippen molar-refractivity contribution < 1.29 is 9.53 Å². The van der Waals surface area contributed by atoms with E-state index in [9.17, 15) is 4.79 Å². The van der Waals surface area contributed by atoms with Crippen LogP contribution in [0.3, 0.4) is 0 Å². The van der Waals surface area contributed by atoms with Crippen LogP contribution in [0.4, 0.5) is 10.5 Å². The van der Waals surface area contributed by atoms with Gasteiger partial charge in [-0.2, -0.15) is 5.10 Å². The minimum absolute atomic E-state index is 0.209. The zero-order valence-corrected chi connectivity index (χ0v) is 24.1. The molecule has 0 saturated carbocycles. The Hall–Kier alpha value is -4.78. The van der Waals surface area contributed by atoms with Gasteiger partial charge in [-0.25, -0.2) is 9.48 Å². The van der Waals surface area contributed by atoms with Crippen LogP contribution in [0.1, 0.15) is 59.4 Å². The number of rotatable bonds is 5. The Morgan fingerprint density at radius 3 is 2.44 bits per heavy atom. The van der Waals surface area contributed by atoms with E-state index >= 15 is 0 Å². The molecule has 0 aliphatic carbocycles. The highest BCUT2D eigenvalue weighted by Gasteiger charge is 2.36. The lowest BCUT2D eigenvalue weighted by molar-refractivity contribution is 0.194. The van der Waals surface area contributed by atoms with Crippen LogP contribution < -0.4 is 10.1 Å². The van der Waals surface area contributed by atoms with Crippen molar-refractivity contribution in [3.8, 4) is 17.3 Å². The van der Waals surface area contributed by atoms with Gasteiger partial charge >= 0.3 is 6.03 Å². The van der Waals surface area contributed by atoms with E-state index in [1.165, 1.54) is 5.56 Å². The summed E-state index contributed by atoms with van der Waals surface area (Å²) < 4.78 is 9.75. The zero-order chi connectivity index (χ0) is 28.7. The van der Waals surface area contributed by atoms with Crippen molar-refractivity contribution in [3.05, 3.63) is 125 Å². The average Bonchev–Trinajstić information content (AvgIpc) is 3.54. The van der Waals surface area contributed by atoms with E-state index in [0.717, 1.165) is 39.6 Å². The van der Waals surface area contributed by atoms with Gasteiger partial charge in [-0.3, -0.25) is 0 Å². The molecule has 1 aliphatic heterocycles. The SMILES string of the molecule is COc1ccc(C)cc1NC(=O)N1Cc2c(C)nn(-c3ccccc3)c2-n2cccc2[C@H]1c1ccc(C(C)C)cc1. The second-order valence-electron chi connectivity index (χ2n) is 10.9. The van der Waals surface area contributed by atoms with Gasteiger partial charge in [0.15, 0.2) is 0 Å². The number of methoxy groups -OCH3 is 1. The molecule has 0 saturated heterocycles. The first kappa shape index (κ1) is 26.4. The molecule has 7 nitrogen and oxygen atoms in total. The zero-order valence-electron chi connectivity index (χ0n) is 24.1. The Morgan fingerprint density at radius 2 is 1.73 bits per heavy atom. The number of nitrogens with zero attached hydrogens (tertiary/aromatic N) is 4. The summed E-state index contributed by atoms with van der Waals surface area (Å²) in [6.45, 7) is 8.77. The summed E-state index contributed by atoms with van der Waals surface area (Å²) in [6.07, 6.45) is 2.06. The van der Waals surface area contributed by atoms with Gasteiger partial charge in [-0.15, -0.1) is 0 Å². The van der Waals surface area contributed by atoms with Crippen molar-refractivity contribution in [1.82, 2.24) is 19.2 Å². The van der Waals surface area contributed by atoms with E-state index in [1.54, 1.807) is 7.11 Å². The Bertz CT molecular complexity index is 1700. The number of hydrogen-bond acceptors (Lipinski definition) is 3. The van der Waals surface area contributed by atoms with E-state index in [-0.39, 0.29) is 12.1 Å². The van der Waals surface area contributed by atoms with Crippen LogP contribution in [0.5, 0.6) is 5.75 Å². The van der Waals surface area contributed by atoms with Crippen LogP contribution in [0.2, 0.25) is 0 Å². The number of carbonyl (C=O) groups is 1. The number of aromatic nitrogens is 3. The molecule has 0 fully saturated rings. The minimum Gasteiger partial charge on any atom is -0.495 e. The monoisotopic (exact) mass is 545 g/mol. The van der Waals surface area contributed by atoms with Crippen LogP contribution in [0.25, 0.3) is 11.5 Å². The maximum Gasteiger partial charge on any atom is 0.323 e. The molecule has 0 spiro atoms. The highest BCUT2D eigenvalue weighted by molar-refractivity contribution is 5.92. The summed E-state index contributed by atoms with van der Waals surface area (Å²) in [5.74, 6) is 1.98. The predicted octanol–water partition coefficient (Wildman–Crippen LogP) is 7.55.